The molecule has 0 saturated heterocycles. The largest absolute Gasteiger partial charge is 0.151 e. The summed E-state index contributed by atoms with van der Waals surface area (Å²) in [5, 5.41) is 8.68. The number of azo groups is 1. The third kappa shape index (κ3) is 3.76. The fourth-order valence-corrected chi connectivity index (χ4v) is 2.82. The molecule has 0 atom stereocenters. The first kappa shape index (κ1) is 16.0. The zero-order valence-corrected chi connectivity index (χ0v) is 14.3. The predicted octanol–water partition coefficient (Wildman–Crippen LogP) is 7.44. The second kappa shape index (κ2) is 7.58. The van der Waals surface area contributed by atoms with E-state index in [1.54, 1.807) is 0 Å². The highest BCUT2D eigenvalue weighted by Gasteiger charge is 1.98. The summed E-state index contributed by atoms with van der Waals surface area (Å²) in [4.78, 5) is 0. The van der Waals surface area contributed by atoms with Crippen molar-refractivity contribution in [1.29, 1.82) is 0 Å². The summed E-state index contributed by atoms with van der Waals surface area (Å²) in [6.45, 7) is 0. The van der Waals surface area contributed by atoms with Gasteiger partial charge in [-0.3, -0.25) is 0 Å². The van der Waals surface area contributed by atoms with Gasteiger partial charge in [-0.25, -0.2) is 0 Å². The van der Waals surface area contributed by atoms with Crippen LogP contribution in [0.3, 0.4) is 0 Å². The van der Waals surface area contributed by atoms with Gasteiger partial charge in [-0.05, 0) is 46.5 Å². The van der Waals surface area contributed by atoms with Gasteiger partial charge in [-0.2, -0.15) is 10.2 Å². The lowest BCUT2D eigenvalue weighted by atomic mass is 10.1. The van der Waals surface area contributed by atoms with Gasteiger partial charge in [0.05, 0.1) is 11.4 Å². The van der Waals surface area contributed by atoms with Crippen LogP contribution in [0.5, 0.6) is 0 Å². The molecule has 0 heterocycles. The van der Waals surface area contributed by atoms with Crippen molar-refractivity contribution in [2.45, 2.75) is 0 Å². The highest BCUT2D eigenvalue weighted by molar-refractivity contribution is 5.66. The Morgan fingerprint density at radius 3 is 0.962 bits per heavy atom. The van der Waals surface area contributed by atoms with Gasteiger partial charge in [0.2, 0.25) is 0 Å². The number of nitrogens with zero attached hydrogens (tertiary/aromatic N) is 2. The van der Waals surface area contributed by atoms with Gasteiger partial charge in [0, 0.05) is 0 Å². The monoisotopic (exact) mass is 334 g/mol. The predicted molar refractivity (Wildman–Crippen MR) is 108 cm³/mol. The van der Waals surface area contributed by atoms with E-state index in [1.807, 2.05) is 60.7 Å². The molecule has 0 fully saturated rings. The van der Waals surface area contributed by atoms with Gasteiger partial charge < -0.3 is 0 Å². The molecule has 4 aromatic rings. The highest BCUT2D eigenvalue weighted by Crippen LogP contribution is 2.25. The highest BCUT2D eigenvalue weighted by atomic mass is 15.1. The Bertz CT molecular complexity index is 903. The smallest absolute Gasteiger partial charge is 0.0857 e. The Labute approximate surface area is 153 Å². The maximum absolute atomic E-state index is 4.34. The summed E-state index contributed by atoms with van der Waals surface area (Å²) in [6.07, 6.45) is 0. The van der Waals surface area contributed by atoms with Crippen LogP contribution in [0, 0.1) is 0 Å². The summed E-state index contributed by atoms with van der Waals surface area (Å²) < 4.78 is 0. The van der Waals surface area contributed by atoms with Crippen molar-refractivity contribution < 1.29 is 0 Å². The van der Waals surface area contributed by atoms with Crippen molar-refractivity contribution in [3.05, 3.63) is 109 Å². The number of benzene rings is 4. The molecule has 124 valence electrons. The van der Waals surface area contributed by atoms with Gasteiger partial charge in [0.25, 0.3) is 0 Å². The third-order valence-corrected chi connectivity index (χ3v) is 4.23. The summed E-state index contributed by atoms with van der Waals surface area (Å²) in [6, 6.07) is 36.9. The topological polar surface area (TPSA) is 24.7 Å². The molecule has 4 aromatic carbocycles. The maximum Gasteiger partial charge on any atom is 0.0857 e. The Kier molecular flexibility index (Phi) is 4.66. The zero-order valence-electron chi connectivity index (χ0n) is 14.3. The van der Waals surface area contributed by atoms with Gasteiger partial charge in [-0.1, -0.05) is 84.9 Å². The van der Waals surface area contributed by atoms with Gasteiger partial charge in [0.15, 0.2) is 0 Å². The second-order valence-electron chi connectivity index (χ2n) is 6.03. The first-order chi connectivity index (χ1) is 12.9. The van der Waals surface area contributed by atoms with Crippen LogP contribution in [0.1, 0.15) is 0 Å². The van der Waals surface area contributed by atoms with Crippen LogP contribution < -0.4 is 0 Å². The standard InChI is InChI=1S/C24H18N2/c1-3-7-19(8-4-1)21-11-15-23(16-12-21)25-26-24-17-13-22(14-18-24)20-9-5-2-6-10-20/h1-18H. The molecule has 26 heavy (non-hydrogen) atoms. The van der Waals surface area contributed by atoms with E-state index in [2.05, 4.69) is 58.8 Å². The molecule has 0 aliphatic carbocycles. The van der Waals surface area contributed by atoms with Gasteiger partial charge in [0.1, 0.15) is 0 Å². The third-order valence-electron chi connectivity index (χ3n) is 4.23. The van der Waals surface area contributed by atoms with Crippen molar-refractivity contribution >= 4 is 11.4 Å². The van der Waals surface area contributed by atoms with E-state index in [0.29, 0.717) is 0 Å². The maximum atomic E-state index is 4.34. The van der Waals surface area contributed by atoms with Crippen LogP contribution in [0.2, 0.25) is 0 Å². The van der Waals surface area contributed by atoms with E-state index in [1.165, 1.54) is 22.3 Å². The number of rotatable bonds is 4. The molecular formula is C24H18N2. The van der Waals surface area contributed by atoms with Gasteiger partial charge in [-0.15, -0.1) is 0 Å². The second-order valence-corrected chi connectivity index (χ2v) is 6.03. The zero-order chi connectivity index (χ0) is 17.6. The molecule has 0 N–H and O–H groups in total. The average molecular weight is 334 g/mol. The summed E-state index contributed by atoms with van der Waals surface area (Å²) >= 11 is 0. The van der Waals surface area contributed by atoms with Crippen molar-refractivity contribution in [2.24, 2.45) is 10.2 Å². The lowest BCUT2D eigenvalue weighted by Gasteiger charge is -2.02. The van der Waals surface area contributed by atoms with Crippen molar-refractivity contribution in [3.8, 4) is 22.3 Å². The molecule has 0 saturated carbocycles. The molecule has 0 radical (unpaired) electrons. The summed E-state index contributed by atoms with van der Waals surface area (Å²) in [5.41, 5.74) is 6.45. The van der Waals surface area contributed by atoms with Crippen molar-refractivity contribution in [1.82, 2.24) is 0 Å². The van der Waals surface area contributed by atoms with Crippen LogP contribution in [0.25, 0.3) is 22.3 Å². The molecule has 2 nitrogen and oxygen atoms in total. The molecule has 0 unspecified atom stereocenters. The molecule has 0 aliphatic heterocycles. The quantitative estimate of drug-likeness (QED) is 0.346. The van der Waals surface area contributed by atoms with Crippen LogP contribution in [-0.4, -0.2) is 0 Å². The lowest BCUT2D eigenvalue weighted by molar-refractivity contribution is 1.23. The van der Waals surface area contributed by atoms with Gasteiger partial charge >= 0.3 is 0 Å². The van der Waals surface area contributed by atoms with Crippen LogP contribution in [0.4, 0.5) is 11.4 Å². The number of hydrogen-bond acceptors (Lipinski definition) is 2. The molecule has 0 aliphatic rings. The van der Waals surface area contributed by atoms with E-state index in [0.717, 1.165) is 11.4 Å². The Hall–Kier alpha value is -3.52. The summed E-state index contributed by atoms with van der Waals surface area (Å²) in [5.74, 6) is 0. The minimum atomic E-state index is 0.844. The molecular weight excluding hydrogens is 316 g/mol. The first-order valence-corrected chi connectivity index (χ1v) is 8.61. The number of hydrogen-bond donors (Lipinski definition) is 0. The molecule has 0 spiro atoms. The Morgan fingerprint density at radius 2 is 0.615 bits per heavy atom. The SMILES string of the molecule is c1ccc(-c2ccc(N=Nc3ccc(-c4ccccc4)cc3)cc2)cc1. The fraction of sp³-hybridized carbons (Fsp3) is 0. The lowest BCUT2D eigenvalue weighted by Crippen LogP contribution is -1.76. The molecule has 2 heteroatoms. The molecule has 4 rings (SSSR count). The van der Waals surface area contributed by atoms with Crippen LogP contribution in [-0.2, 0) is 0 Å². The average Bonchev–Trinajstić information content (AvgIpc) is 2.74. The van der Waals surface area contributed by atoms with E-state index in [4.69, 9.17) is 0 Å². The van der Waals surface area contributed by atoms with E-state index in [-0.39, 0.29) is 0 Å². The Morgan fingerprint density at radius 1 is 0.308 bits per heavy atom. The van der Waals surface area contributed by atoms with Crippen LogP contribution in [0.15, 0.2) is 119 Å². The minimum Gasteiger partial charge on any atom is -0.151 e. The van der Waals surface area contributed by atoms with Crippen molar-refractivity contribution in [2.75, 3.05) is 0 Å². The normalized spacial score (nSPS) is 10.9. The minimum absolute atomic E-state index is 0.844. The molecule has 0 aromatic heterocycles. The first-order valence-electron chi connectivity index (χ1n) is 8.61. The molecule has 0 amide bonds. The van der Waals surface area contributed by atoms with E-state index >= 15 is 0 Å². The fourth-order valence-electron chi connectivity index (χ4n) is 2.82. The van der Waals surface area contributed by atoms with E-state index in [9.17, 15) is 0 Å². The van der Waals surface area contributed by atoms with Crippen molar-refractivity contribution in [3.63, 3.8) is 0 Å². The summed E-state index contributed by atoms with van der Waals surface area (Å²) in [7, 11) is 0. The Balaban J connectivity index is 1.48. The van der Waals surface area contributed by atoms with E-state index < -0.39 is 0 Å². The molecule has 0 bridgehead atoms. The van der Waals surface area contributed by atoms with Crippen LogP contribution >= 0.6 is 0 Å².